The quantitative estimate of drug-likeness (QED) is 0.874. The first-order chi connectivity index (χ1) is 8.13. The van der Waals surface area contributed by atoms with Crippen molar-refractivity contribution in [2.45, 2.75) is 19.9 Å². The third-order valence-corrected chi connectivity index (χ3v) is 3.20. The number of ether oxygens (including phenoxy) is 1. The minimum Gasteiger partial charge on any atom is -0.497 e. The summed E-state index contributed by atoms with van der Waals surface area (Å²) in [6.07, 6.45) is 0. The lowest BCUT2D eigenvalue weighted by molar-refractivity contribution is 0.415. The Morgan fingerprint density at radius 3 is 2.53 bits per heavy atom. The fourth-order valence-corrected chi connectivity index (χ4v) is 2.05. The van der Waals surface area contributed by atoms with Crippen molar-refractivity contribution in [3.8, 4) is 5.75 Å². The zero-order valence-electron chi connectivity index (χ0n) is 10.6. The van der Waals surface area contributed by atoms with Gasteiger partial charge in [-0.25, -0.2) is 0 Å². The molecule has 90 valence electrons. The molecule has 0 saturated heterocycles. The molecule has 0 aliphatic heterocycles. The van der Waals surface area contributed by atoms with E-state index < -0.39 is 0 Å². The molecule has 2 heteroatoms. The molecule has 0 aliphatic rings. The number of methoxy groups -OCH3 is 1. The minimum absolute atomic E-state index is 0.0609. The Morgan fingerprint density at radius 2 is 1.88 bits per heavy atom. The maximum atomic E-state index is 6.25. The lowest BCUT2D eigenvalue weighted by atomic mass is 9.92. The van der Waals surface area contributed by atoms with Crippen LogP contribution in [-0.2, 0) is 0 Å². The van der Waals surface area contributed by atoms with E-state index in [1.165, 1.54) is 16.3 Å². The smallest absolute Gasteiger partial charge is 0.119 e. The first kappa shape index (κ1) is 11.9. The molecule has 2 N–H and O–H groups in total. The molecule has 0 bridgehead atoms. The van der Waals surface area contributed by atoms with Gasteiger partial charge in [-0.1, -0.05) is 38.1 Å². The van der Waals surface area contributed by atoms with Gasteiger partial charge in [0.05, 0.1) is 7.11 Å². The molecule has 1 atom stereocenters. The molecular weight excluding hydrogens is 210 g/mol. The van der Waals surface area contributed by atoms with Gasteiger partial charge in [-0.3, -0.25) is 0 Å². The summed E-state index contributed by atoms with van der Waals surface area (Å²) in [5.74, 6) is 1.30. The predicted octanol–water partition coefficient (Wildman–Crippen LogP) is 3.50. The van der Waals surface area contributed by atoms with E-state index in [1.807, 2.05) is 6.07 Å². The van der Waals surface area contributed by atoms with Crippen LogP contribution >= 0.6 is 0 Å². The van der Waals surface area contributed by atoms with Crippen molar-refractivity contribution in [1.29, 1.82) is 0 Å². The lowest BCUT2D eigenvalue weighted by Crippen LogP contribution is -2.16. The molecule has 2 nitrogen and oxygen atoms in total. The number of hydrogen-bond acceptors (Lipinski definition) is 2. The summed E-state index contributed by atoms with van der Waals surface area (Å²) in [7, 11) is 1.69. The van der Waals surface area contributed by atoms with Crippen LogP contribution in [0.5, 0.6) is 5.75 Å². The molecule has 0 aliphatic carbocycles. The third-order valence-electron chi connectivity index (χ3n) is 3.20. The van der Waals surface area contributed by atoms with Gasteiger partial charge in [0.15, 0.2) is 0 Å². The minimum atomic E-state index is 0.0609. The van der Waals surface area contributed by atoms with Crippen molar-refractivity contribution in [2.24, 2.45) is 11.7 Å². The second-order valence-electron chi connectivity index (χ2n) is 4.70. The third kappa shape index (κ3) is 2.27. The molecule has 2 rings (SSSR count). The number of fused-ring (bicyclic) bond motifs is 1. The van der Waals surface area contributed by atoms with Gasteiger partial charge in [0.25, 0.3) is 0 Å². The summed E-state index contributed by atoms with van der Waals surface area (Å²) in [6.45, 7) is 4.29. The lowest BCUT2D eigenvalue weighted by Gasteiger charge is -2.18. The van der Waals surface area contributed by atoms with Gasteiger partial charge in [-0.15, -0.1) is 0 Å². The normalized spacial score (nSPS) is 13.0. The fourth-order valence-electron chi connectivity index (χ4n) is 2.05. The van der Waals surface area contributed by atoms with E-state index >= 15 is 0 Å². The Labute approximate surface area is 102 Å². The Kier molecular flexibility index (Phi) is 3.34. The predicted molar refractivity (Wildman–Crippen MR) is 72.3 cm³/mol. The van der Waals surface area contributed by atoms with E-state index in [0.29, 0.717) is 5.92 Å². The van der Waals surface area contributed by atoms with E-state index in [9.17, 15) is 0 Å². The first-order valence-corrected chi connectivity index (χ1v) is 5.95. The molecular formula is C15H19NO. The molecule has 2 aromatic carbocycles. The zero-order valence-corrected chi connectivity index (χ0v) is 10.6. The molecule has 2 aromatic rings. The van der Waals surface area contributed by atoms with Gasteiger partial charge >= 0.3 is 0 Å². The van der Waals surface area contributed by atoms with Gasteiger partial charge in [0, 0.05) is 6.04 Å². The molecule has 0 saturated carbocycles. The Bertz CT molecular complexity index is 519. The summed E-state index contributed by atoms with van der Waals surface area (Å²) in [5, 5.41) is 2.40. The van der Waals surface area contributed by atoms with E-state index in [1.54, 1.807) is 7.11 Å². The monoisotopic (exact) mass is 229 g/mol. The molecule has 0 fully saturated rings. The summed E-state index contributed by atoms with van der Waals surface area (Å²) < 4.78 is 5.28. The van der Waals surface area contributed by atoms with Gasteiger partial charge in [-0.05, 0) is 34.4 Å². The highest BCUT2D eigenvalue weighted by atomic mass is 16.5. The Balaban J connectivity index is 2.62. The van der Waals surface area contributed by atoms with Crippen molar-refractivity contribution in [3.05, 3.63) is 42.0 Å². The summed E-state index contributed by atoms with van der Waals surface area (Å²) in [4.78, 5) is 0. The Morgan fingerprint density at radius 1 is 1.12 bits per heavy atom. The fraction of sp³-hybridized carbons (Fsp3) is 0.333. The van der Waals surface area contributed by atoms with Crippen LogP contribution in [0.2, 0.25) is 0 Å². The topological polar surface area (TPSA) is 35.2 Å². The molecule has 0 heterocycles. The molecule has 0 aromatic heterocycles. The highest BCUT2D eigenvalue weighted by Gasteiger charge is 2.13. The van der Waals surface area contributed by atoms with Crippen LogP contribution in [0.3, 0.4) is 0 Å². The number of nitrogens with two attached hydrogens (primary N) is 1. The standard InChI is InChI=1S/C15H19NO/c1-10(2)15(16)13-6-4-5-11-7-8-12(17-3)9-14(11)13/h4-10,15H,16H2,1-3H3. The van der Waals surface area contributed by atoms with Crippen LogP contribution in [0.1, 0.15) is 25.5 Å². The van der Waals surface area contributed by atoms with Crippen LogP contribution < -0.4 is 10.5 Å². The van der Waals surface area contributed by atoms with E-state index in [4.69, 9.17) is 10.5 Å². The molecule has 0 radical (unpaired) electrons. The van der Waals surface area contributed by atoms with Crippen LogP contribution in [-0.4, -0.2) is 7.11 Å². The average molecular weight is 229 g/mol. The second-order valence-corrected chi connectivity index (χ2v) is 4.70. The first-order valence-electron chi connectivity index (χ1n) is 5.95. The molecule has 0 amide bonds. The largest absolute Gasteiger partial charge is 0.497 e. The number of hydrogen-bond donors (Lipinski definition) is 1. The highest BCUT2D eigenvalue weighted by molar-refractivity contribution is 5.87. The molecule has 0 spiro atoms. The number of benzene rings is 2. The van der Waals surface area contributed by atoms with Gasteiger partial charge in [-0.2, -0.15) is 0 Å². The van der Waals surface area contributed by atoms with Crippen molar-refractivity contribution in [3.63, 3.8) is 0 Å². The zero-order chi connectivity index (χ0) is 12.4. The van der Waals surface area contributed by atoms with Crippen LogP contribution in [0.25, 0.3) is 10.8 Å². The maximum Gasteiger partial charge on any atom is 0.119 e. The van der Waals surface area contributed by atoms with Crippen LogP contribution in [0.4, 0.5) is 0 Å². The second kappa shape index (κ2) is 4.76. The summed E-state index contributed by atoms with van der Waals surface area (Å²) >= 11 is 0. The van der Waals surface area contributed by atoms with Crippen LogP contribution in [0.15, 0.2) is 36.4 Å². The Hall–Kier alpha value is -1.54. The SMILES string of the molecule is COc1ccc2cccc(C(N)C(C)C)c2c1. The van der Waals surface area contributed by atoms with E-state index in [-0.39, 0.29) is 6.04 Å². The summed E-state index contributed by atoms with van der Waals surface area (Å²) in [5.41, 5.74) is 7.45. The molecule has 1 unspecified atom stereocenters. The van der Waals surface area contributed by atoms with Crippen molar-refractivity contribution < 1.29 is 4.74 Å². The maximum absolute atomic E-state index is 6.25. The van der Waals surface area contributed by atoms with Crippen LogP contribution in [0, 0.1) is 5.92 Å². The van der Waals surface area contributed by atoms with E-state index in [0.717, 1.165) is 5.75 Å². The summed E-state index contributed by atoms with van der Waals surface area (Å²) in [6, 6.07) is 12.4. The van der Waals surface area contributed by atoms with Gasteiger partial charge in [0.1, 0.15) is 5.75 Å². The molecule has 17 heavy (non-hydrogen) atoms. The highest BCUT2D eigenvalue weighted by Crippen LogP contribution is 2.29. The van der Waals surface area contributed by atoms with Gasteiger partial charge < -0.3 is 10.5 Å². The van der Waals surface area contributed by atoms with Crippen molar-refractivity contribution >= 4 is 10.8 Å². The average Bonchev–Trinajstić information content (AvgIpc) is 2.36. The number of rotatable bonds is 3. The van der Waals surface area contributed by atoms with Gasteiger partial charge in [0.2, 0.25) is 0 Å². The van der Waals surface area contributed by atoms with Crippen molar-refractivity contribution in [1.82, 2.24) is 0 Å². The van der Waals surface area contributed by atoms with Crippen molar-refractivity contribution in [2.75, 3.05) is 7.11 Å². The van der Waals surface area contributed by atoms with E-state index in [2.05, 4.69) is 44.2 Å².